The van der Waals surface area contributed by atoms with Crippen LogP contribution in [0.5, 0.6) is 0 Å². The normalized spacial score (nSPS) is 18.1. The summed E-state index contributed by atoms with van der Waals surface area (Å²) in [7, 11) is -3.82. The Kier molecular flexibility index (Phi) is 4.27. The first kappa shape index (κ1) is 17.7. The van der Waals surface area contributed by atoms with Crippen molar-refractivity contribution < 1.29 is 13.2 Å². The van der Waals surface area contributed by atoms with Crippen LogP contribution in [0.3, 0.4) is 0 Å². The Balaban J connectivity index is 1.88. The molecule has 4 rings (SSSR count). The summed E-state index contributed by atoms with van der Waals surface area (Å²) in [5.74, 6) is 0.696. The van der Waals surface area contributed by atoms with Crippen molar-refractivity contribution in [1.82, 2.24) is 15.0 Å². The van der Waals surface area contributed by atoms with E-state index in [1.54, 1.807) is 18.2 Å². The van der Waals surface area contributed by atoms with Crippen molar-refractivity contribution in [2.75, 3.05) is 30.3 Å². The molecule has 0 aliphatic carbocycles. The summed E-state index contributed by atoms with van der Waals surface area (Å²) in [6.45, 7) is 5.73. The number of H-pyrrole nitrogens is 1. The molecule has 3 aromatic rings. The van der Waals surface area contributed by atoms with Gasteiger partial charge in [-0.25, -0.2) is 18.4 Å². The smallest absolute Gasteiger partial charge is 0.212 e. The van der Waals surface area contributed by atoms with Gasteiger partial charge in [-0.15, -0.1) is 0 Å². The van der Waals surface area contributed by atoms with Gasteiger partial charge in [-0.2, -0.15) is 0 Å². The molecule has 1 fully saturated rings. The SMILES string of the molecule is Cc1cccc(S(=O)(=O)c2c(N)[nH]c3c(N4CCOC(C)C4)ncnc23)c1. The fourth-order valence-corrected chi connectivity index (χ4v) is 4.99. The predicted octanol–water partition coefficient (Wildman–Crippen LogP) is 1.91. The van der Waals surface area contributed by atoms with E-state index in [0.29, 0.717) is 36.5 Å². The van der Waals surface area contributed by atoms with E-state index in [9.17, 15) is 8.42 Å². The minimum absolute atomic E-state index is 0.00643. The molecule has 1 aliphatic heterocycles. The molecular formula is C18H21N5O3S. The van der Waals surface area contributed by atoms with Crippen molar-refractivity contribution in [2.45, 2.75) is 29.7 Å². The minimum Gasteiger partial charge on any atom is -0.384 e. The number of fused-ring (bicyclic) bond motifs is 1. The fraction of sp³-hybridized carbons (Fsp3) is 0.333. The number of benzene rings is 1. The number of hydrogen-bond acceptors (Lipinski definition) is 7. The number of sulfone groups is 1. The summed E-state index contributed by atoms with van der Waals surface area (Å²) in [5.41, 5.74) is 7.78. The van der Waals surface area contributed by atoms with Gasteiger partial charge in [0.05, 0.1) is 17.6 Å². The van der Waals surface area contributed by atoms with Crippen LogP contribution in [0.25, 0.3) is 11.0 Å². The van der Waals surface area contributed by atoms with Crippen LogP contribution in [0.1, 0.15) is 12.5 Å². The summed E-state index contributed by atoms with van der Waals surface area (Å²) < 4.78 is 32.0. The van der Waals surface area contributed by atoms with E-state index in [1.807, 2.05) is 19.9 Å². The molecule has 0 radical (unpaired) electrons. The first-order valence-electron chi connectivity index (χ1n) is 8.68. The van der Waals surface area contributed by atoms with Crippen molar-refractivity contribution in [3.05, 3.63) is 36.2 Å². The Morgan fingerprint density at radius 1 is 1.33 bits per heavy atom. The monoisotopic (exact) mass is 387 g/mol. The molecule has 0 amide bonds. The van der Waals surface area contributed by atoms with Crippen molar-refractivity contribution in [1.29, 1.82) is 0 Å². The van der Waals surface area contributed by atoms with Crippen LogP contribution in [-0.4, -0.2) is 49.2 Å². The van der Waals surface area contributed by atoms with E-state index in [1.165, 1.54) is 6.33 Å². The number of nitrogens with one attached hydrogen (secondary N) is 1. The van der Waals surface area contributed by atoms with E-state index >= 15 is 0 Å². The Morgan fingerprint density at radius 2 is 2.15 bits per heavy atom. The molecule has 0 bridgehead atoms. The number of aromatic nitrogens is 3. The zero-order valence-corrected chi connectivity index (χ0v) is 16.0. The van der Waals surface area contributed by atoms with Crippen LogP contribution in [-0.2, 0) is 14.6 Å². The van der Waals surface area contributed by atoms with Crippen LogP contribution in [0, 0.1) is 6.92 Å². The molecule has 1 aromatic carbocycles. The van der Waals surface area contributed by atoms with E-state index < -0.39 is 9.84 Å². The number of aromatic amines is 1. The molecule has 27 heavy (non-hydrogen) atoms. The zero-order valence-electron chi connectivity index (χ0n) is 15.1. The minimum atomic E-state index is -3.82. The summed E-state index contributed by atoms with van der Waals surface area (Å²) in [4.78, 5) is 13.8. The first-order chi connectivity index (χ1) is 12.9. The molecule has 142 valence electrons. The molecule has 1 aliphatic rings. The maximum Gasteiger partial charge on any atom is 0.212 e. The number of nitrogens with two attached hydrogens (primary N) is 1. The van der Waals surface area contributed by atoms with Gasteiger partial charge >= 0.3 is 0 Å². The number of hydrogen-bond donors (Lipinski definition) is 2. The summed E-state index contributed by atoms with van der Waals surface area (Å²) in [5, 5.41) is 0. The van der Waals surface area contributed by atoms with E-state index in [2.05, 4.69) is 19.9 Å². The maximum atomic E-state index is 13.2. The molecule has 9 heteroatoms. The van der Waals surface area contributed by atoms with Crippen molar-refractivity contribution in [2.24, 2.45) is 0 Å². The van der Waals surface area contributed by atoms with E-state index in [4.69, 9.17) is 10.5 Å². The molecule has 3 heterocycles. The Morgan fingerprint density at radius 3 is 2.89 bits per heavy atom. The van der Waals surface area contributed by atoms with Gasteiger partial charge < -0.3 is 20.4 Å². The Labute approximate surface area is 157 Å². The predicted molar refractivity (Wildman–Crippen MR) is 103 cm³/mol. The van der Waals surface area contributed by atoms with Crippen LogP contribution in [0.2, 0.25) is 0 Å². The van der Waals surface area contributed by atoms with Gasteiger partial charge in [0.15, 0.2) is 5.82 Å². The largest absolute Gasteiger partial charge is 0.384 e. The third-order valence-electron chi connectivity index (χ3n) is 4.66. The molecule has 8 nitrogen and oxygen atoms in total. The zero-order chi connectivity index (χ0) is 19.2. The van der Waals surface area contributed by atoms with Gasteiger partial charge in [0.1, 0.15) is 28.1 Å². The highest BCUT2D eigenvalue weighted by molar-refractivity contribution is 7.92. The summed E-state index contributed by atoms with van der Waals surface area (Å²) >= 11 is 0. The Hall–Kier alpha value is -2.65. The highest BCUT2D eigenvalue weighted by Crippen LogP contribution is 2.35. The lowest BCUT2D eigenvalue weighted by Gasteiger charge is -2.32. The number of nitrogens with zero attached hydrogens (tertiary/aromatic N) is 3. The molecule has 1 saturated heterocycles. The lowest BCUT2D eigenvalue weighted by molar-refractivity contribution is 0.0530. The van der Waals surface area contributed by atoms with Crippen LogP contribution in [0.15, 0.2) is 40.4 Å². The first-order valence-corrected chi connectivity index (χ1v) is 10.2. The molecule has 1 atom stereocenters. The second-order valence-corrected chi connectivity index (χ2v) is 8.62. The van der Waals surface area contributed by atoms with Gasteiger partial charge in [0, 0.05) is 13.1 Å². The molecule has 1 unspecified atom stereocenters. The average molecular weight is 387 g/mol. The highest BCUT2D eigenvalue weighted by Gasteiger charge is 2.29. The highest BCUT2D eigenvalue weighted by atomic mass is 32.2. The third-order valence-corrected chi connectivity index (χ3v) is 6.48. The standard InChI is InChI=1S/C18H21N5O3S/c1-11-4-3-5-13(8-11)27(24,25)16-14-15(22-17(16)19)18(21-10-20-14)23-6-7-26-12(2)9-23/h3-5,8,10,12,22H,6-7,9,19H2,1-2H3. The maximum absolute atomic E-state index is 13.2. The van der Waals surface area contributed by atoms with Gasteiger partial charge in [0.2, 0.25) is 9.84 Å². The molecule has 0 spiro atoms. The number of aryl methyl sites for hydroxylation is 1. The molecule has 0 saturated carbocycles. The fourth-order valence-electron chi connectivity index (χ4n) is 3.41. The van der Waals surface area contributed by atoms with Crippen molar-refractivity contribution in [3.8, 4) is 0 Å². The summed E-state index contributed by atoms with van der Waals surface area (Å²) in [6.07, 6.45) is 1.44. The van der Waals surface area contributed by atoms with Gasteiger partial charge in [-0.05, 0) is 31.5 Å². The van der Waals surface area contributed by atoms with Crippen molar-refractivity contribution >= 4 is 32.5 Å². The molecule has 3 N–H and O–H groups in total. The number of rotatable bonds is 3. The molecular weight excluding hydrogens is 366 g/mol. The van der Waals surface area contributed by atoms with E-state index in [-0.39, 0.29) is 21.7 Å². The van der Waals surface area contributed by atoms with Crippen LogP contribution < -0.4 is 10.6 Å². The van der Waals surface area contributed by atoms with Gasteiger partial charge in [-0.3, -0.25) is 0 Å². The average Bonchev–Trinajstić information content (AvgIpc) is 2.98. The van der Waals surface area contributed by atoms with E-state index in [0.717, 1.165) is 5.56 Å². The van der Waals surface area contributed by atoms with Gasteiger partial charge in [-0.1, -0.05) is 12.1 Å². The number of anilines is 2. The lowest BCUT2D eigenvalue weighted by atomic mass is 10.2. The Bertz CT molecular complexity index is 1110. The summed E-state index contributed by atoms with van der Waals surface area (Å²) in [6, 6.07) is 6.74. The lowest BCUT2D eigenvalue weighted by Crippen LogP contribution is -2.41. The molecule has 2 aromatic heterocycles. The number of morpholine rings is 1. The quantitative estimate of drug-likeness (QED) is 0.705. The van der Waals surface area contributed by atoms with Crippen molar-refractivity contribution in [3.63, 3.8) is 0 Å². The topological polar surface area (TPSA) is 114 Å². The number of nitrogen functional groups attached to an aromatic ring is 1. The van der Waals surface area contributed by atoms with Gasteiger partial charge in [0.25, 0.3) is 0 Å². The van der Waals surface area contributed by atoms with Crippen LogP contribution >= 0.6 is 0 Å². The second-order valence-electron chi connectivity index (χ2n) is 6.74. The number of ether oxygens (including phenoxy) is 1. The van der Waals surface area contributed by atoms with Crippen LogP contribution in [0.4, 0.5) is 11.6 Å². The second kappa shape index (κ2) is 6.50. The third kappa shape index (κ3) is 3.02.